The van der Waals surface area contributed by atoms with Crippen LogP contribution in [0.1, 0.15) is 10.8 Å². The van der Waals surface area contributed by atoms with E-state index in [-0.39, 0.29) is 11.9 Å². The van der Waals surface area contributed by atoms with E-state index < -0.39 is 0 Å². The second-order valence-electron chi connectivity index (χ2n) is 2.87. The molecule has 2 nitrogen and oxygen atoms in total. The molecule has 1 aromatic carbocycles. The van der Waals surface area contributed by atoms with Crippen molar-refractivity contribution in [2.75, 3.05) is 18.9 Å². The fourth-order valence-corrected chi connectivity index (χ4v) is 2.48. The van der Waals surface area contributed by atoms with Crippen LogP contribution in [0.15, 0.2) is 28.7 Å². The van der Waals surface area contributed by atoms with E-state index >= 15 is 0 Å². The van der Waals surface area contributed by atoms with Gasteiger partial charge in [0.15, 0.2) is 0 Å². The molecule has 1 rings (SSSR count). The molecular weight excluding hydrogens is 262 g/mol. The van der Waals surface area contributed by atoms with Crippen LogP contribution in [0.2, 0.25) is 0 Å². The molecule has 0 fully saturated rings. The zero-order valence-electron chi connectivity index (χ0n) is 7.82. The Balaban J connectivity index is 2.68. The first-order valence-electron chi connectivity index (χ1n) is 4.46. The fraction of sp³-hybridized carbons (Fsp3) is 0.400. The number of hydrogen-bond acceptors (Lipinski definition) is 3. The molecule has 78 valence electrons. The van der Waals surface area contributed by atoms with Crippen molar-refractivity contribution in [3.63, 3.8) is 0 Å². The van der Waals surface area contributed by atoms with Crippen LogP contribution in [0, 0.1) is 0 Å². The topological polar surface area (TPSA) is 46.2 Å². The van der Waals surface area contributed by atoms with Gasteiger partial charge in [-0.15, -0.1) is 0 Å². The zero-order valence-corrected chi connectivity index (χ0v) is 10.2. The molecule has 0 heterocycles. The summed E-state index contributed by atoms with van der Waals surface area (Å²) in [5.74, 6) is 0.731. The lowest BCUT2D eigenvalue weighted by atomic mass is 10.1. The highest BCUT2D eigenvalue weighted by atomic mass is 79.9. The summed E-state index contributed by atoms with van der Waals surface area (Å²) in [6.07, 6.45) is 0. The van der Waals surface area contributed by atoms with Crippen LogP contribution in [-0.4, -0.2) is 24.0 Å². The Morgan fingerprint density at radius 3 is 2.86 bits per heavy atom. The van der Waals surface area contributed by atoms with Crippen LogP contribution in [0.25, 0.3) is 0 Å². The van der Waals surface area contributed by atoms with Gasteiger partial charge in [-0.05, 0) is 17.7 Å². The summed E-state index contributed by atoms with van der Waals surface area (Å²) in [5.41, 5.74) is 6.89. The molecule has 0 bridgehead atoms. The van der Waals surface area contributed by atoms with Gasteiger partial charge in [-0.3, -0.25) is 0 Å². The molecule has 0 aromatic heterocycles. The van der Waals surface area contributed by atoms with Gasteiger partial charge < -0.3 is 10.8 Å². The maximum absolute atomic E-state index is 8.74. The normalized spacial score (nSPS) is 12.8. The Morgan fingerprint density at radius 2 is 2.29 bits per heavy atom. The maximum Gasteiger partial charge on any atom is 0.0521 e. The molecule has 0 aliphatic carbocycles. The lowest BCUT2D eigenvalue weighted by Crippen LogP contribution is -2.10. The minimum absolute atomic E-state index is 0.204. The third-order valence-corrected chi connectivity index (χ3v) is 3.62. The third-order valence-electron chi connectivity index (χ3n) is 1.84. The molecule has 0 amide bonds. The molecule has 1 aromatic rings. The Bertz CT molecular complexity index is 283. The van der Waals surface area contributed by atoms with Crippen molar-refractivity contribution in [3.8, 4) is 0 Å². The number of nitrogens with two attached hydrogens (primary N) is 1. The van der Waals surface area contributed by atoms with E-state index in [1.54, 1.807) is 11.8 Å². The predicted molar refractivity (Wildman–Crippen MR) is 65.5 cm³/mol. The van der Waals surface area contributed by atoms with E-state index in [1.165, 1.54) is 5.56 Å². The lowest BCUT2D eigenvalue weighted by Gasteiger charge is -2.14. The molecule has 0 radical (unpaired) electrons. The van der Waals surface area contributed by atoms with Gasteiger partial charge >= 0.3 is 0 Å². The summed E-state index contributed by atoms with van der Waals surface area (Å²) in [5, 5.41) is 9.02. The Kier molecular flexibility index (Phi) is 5.55. The van der Waals surface area contributed by atoms with Crippen molar-refractivity contribution < 1.29 is 5.11 Å². The molecule has 0 aliphatic heterocycles. The number of hydrogen-bond donors (Lipinski definition) is 2. The molecule has 0 saturated carbocycles. The second-order valence-corrected chi connectivity index (χ2v) is 5.10. The SMILES string of the molecule is NCC(SCCO)c1cccc(Br)c1. The number of rotatable bonds is 5. The van der Waals surface area contributed by atoms with Crippen LogP contribution in [0.5, 0.6) is 0 Å². The molecular formula is C10H14BrNOS. The second kappa shape index (κ2) is 6.45. The summed E-state index contributed by atoms with van der Waals surface area (Å²) in [6, 6.07) is 8.13. The van der Waals surface area contributed by atoms with Crippen LogP contribution in [0.4, 0.5) is 0 Å². The van der Waals surface area contributed by atoms with Gasteiger partial charge in [0.2, 0.25) is 0 Å². The van der Waals surface area contributed by atoms with E-state index in [2.05, 4.69) is 28.1 Å². The quantitative estimate of drug-likeness (QED) is 0.866. The van der Waals surface area contributed by atoms with Crippen LogP contribution < -0.4 is 5.73 Å². The average molecular weight is 276 g/mol. The highest BCUT2D eigenvalue weighted by Crippen LogP contribution is 2.28. The van der Waals surface area contributed by atoms with Gasteiger partial charge in [-0.2, -0.15) is 11.8 Å². The monoisotopic (exact) mass is 275 g/mol. The molecule has 3 N–H and O–H groups in total. The van der Waals surface area contributed by atoms with Crippen LogP contribution >= 0.6 is 27.7 Å². The number of halogens is 1. The summed E-state index contributed by atoms with van der Waals surface area (Å²) in [6.45, 7) is 0.802. The van der Waals surface area contributed by atoms with E-state index in [0.29, 0.717) is 6.54 Å². The number of aliphatic hydroxyl groups is 1. The fourth-order valence-electron chi connectivity index (χ4n) is 1.20. The van der Waals surface area contributed by atoms with E-state index in [4.69, 9.17) is 10.8 Å². The van der Waals surface area contributed by atoms with Crippen LogP contribution in [0.3, 0.4) is 0 Å². The van der Waals surface area contributed by atoms with Gasteiger partial charge in [0.05, 0.1) is 6.61 Å². The molecule has 1 unspecified atom stereocenters. The lowest BCUT2D eigenvalue weighted by molar-refractivity contribution is 0.322. The minimum atomic E-state index is 0.204. The van der Waals surface area contributed by atoms with Crippen LogP contribution in [-0.2, 0) is 0 Å². The van der Waals surface area contributed by atoms with Crippen molar-refractivity contribution in [1.82, 2.24) is 0 Å². The molecule has 14 heavy (non-hydrogen) atoms. The van der Waals surface area contributed by atoms with E-state index in [1.807, 2.05) is 12.1 Å². The molecule has 0 spiro atoms. The van der Waals surface area contributed by atoms with Crippen molar-refractivity contribution >= 4 is 27.7 Å². The number of benzene rings is 1. The van der Waals surface area contributed by atoms with Crippen molar-refractivity contribution in [1.29, 1.82) is 0 Å². The molecule has 0 saturated heterocycles. The highest BCUT2D eigenvalue weighted by Gasteiger charge is 2.09. The third kappa shape index (κ3) is 3.61. The highest BCUT2D eigenvalue weighted by molar-refractivity contribution is 9.10. The first kappa shape index (κ1) is 12.0. The van der Waals surface area contributed by atoms with E-state index in [0.717, 1.165) is 10.2 Å². The van der Waals surface area contributed by atoms with Crippen molar-refractivity contribution in [3.05, 3.63) is 34.3 Å². The Hall–Kier alpha value is -0.0300. The molecule has 4 heteroatoms. The van der Waals surface area contributed by atoms with E-state index in [9.17, 15) is 0 Å². The summed E-state index contributed by atoms with van der Waals surface area (Å²) in [4.78, 5) is 0. The van der Waals surface area contributed by atoms with Gasteiger partial charge in [0.25, 0.3) is 0 Å². The Morgan fingerprint density at radius 1 is 1.50 bits per heavy atom. The van der Waals surface area contributed by atoms with Gasteiger partial charge in [-0.1, -0.05) is 28.1 Å². The summed E-state index contributed by atoms with van der Waals surface area (Å²) in [7, 11) is 0. The molecule has 1 atom stereocenters. The summed E-state index contributed by atoms with van der Waals surface area (Å²) >= 11 is 5.12. The maximum atomic E-state index is 8.74. The van der Waals surface area contributed by atoms with Gasteiger partial charge in [0, 0.05) is 22.0 Å². The summed E-state index contributed by atoms with van der Waals surface area (Å²) < 4.78 is 1.07. The number of thioether (sulfide) groups is 1. The van der Waals surface area contributed by atoms with Crippen molar-refractivity contribution in [2.24, 2.45) is 5.73 Å². The average Bonchev–Trinajstić information content (AvgIpc) is 2.19. The first-order chi connectivity index (χ1) is 6.77. The standard InChI is InChI=1S/C10H14BrNOS/c11-9-3-1-2-8(6-9)10(7-12)14-5-4-13/h1-3,6,10,13H,4-5,7,12H2. The van der Waals surface area contributed by atoms with Gasteiger partial charge in [-0.25, -0.2) is 0 Å². The first-order valence-corrected chi connectivity index (χ1v) is 6.30. The smallest absolute Gasteiger partial charge is 0.0521 e. The minimum Gasteiger partial charge on any atom is -0.396 e. The van der Waals surface area contributed by atoms with Crippen molar-refractivity contribution in [2.45, 2.75) is 5.25 Å². The molecule has 0 aliphatic rings. The number of aliphatic hydroxyl groups excluding tert-OH is 1. The van der Waals surface area contributed by atoms with Gasteiger partial charge in [0.1, 0.15) is 0 Å². The Labute approximate surface area is 97.0 Å². The largest absolute Gasteiger partial charge is 0.396 e. The zero-order chi connectivity index (χ0) is 10.4. The predicted octanol–water partition coefficient (Wildman–Crippen LogP) is 2.17.